The standard InChI is InChI=1S/C25H23Cl2N5O/c26-22-8-6-17(12-23(22)27)10-11-29-25(28)32-31-15-19-14-30-24-9-7-20(13-21(19)24)33-16-18-4-2-1-3-5-18/h1-9,12-15,30H,10-11,16H2,(H3,28,29,32)/b31-15+. The molecule has 0 bridgehead atoms. The van der Waals surface area contributed by atoms with Gasteiger partial charge in [-0.25, -0.2) is 5.43 Å². The van der Waals surface area contributed by atoms with Gasteiger partial charge in [-0.05, 0) is 47.9 Å². The SMILES string of the molecule is NC(=NCCc1ccc(Cl)c(Cl)c1)N/N=C/c1c[nH]c2ccc(OCc3ccccc3)cc12. The predicted octanol–water partition coefficient (Wildman–Crippen LogP) is 5.53. The van der Waals surface area contributed by atoms with E-state index in [-0.39, 0.29) is 5.96 Å². The minimum absolute atomic E-state index is 0.234. The van der Waals surface area contributed by atoms with Gasteiger partial charge < -0.3 is 15.5 Å². The second-order valence-electron chi connectivity index (χ2n) is 7.36. The minimum atomic E-state index is 0.234. The first-order valence-corrected chi connectivity index (χ1v) is 11.1. The monoisotopic (exact) mass is 479 g/mol. The van der Waals surface area contributed by atoms with Crippen LogP contribution in [0, 0.1) is 0 Å². The van der Waals surface area contributed by atoms with Crippen molar-refractivity contribution in [1.82, 2.24) is 10.4 Å². The van der Waals surface area contributed by atoms with Gasteiger partial charge in [-0.3, -0.25) is 4.99 Å². The van der Waals surface area contributed by atoms with Crippen LogP contribution in [0.1, 0.15) is 16.7 Å². The van der Waals surface area contributed by atoms with Crippen LogP contribution in [0.2, 0.25) is 10.0 Å². The fourth-order valence-corrected chi connectivity index (χ4v) is 3.58. The molecule has 168 valence electrons. The van der Waals surface area contributed by atoms with Gasteiger partial charge in [-0.2, -0.15) is 5.10 Å². The summed E-state index contributed by atoms with van der Waals surface area (Å²) in [4.78, 5) is 7.52. The summed E-state index contributed by atoms with van der Waals surface area (Å²) in [7, 11) is 0. The molecule has 1 aromatic heterocycles. The number of aliphatic imine (C=N–C) groups is 1. The number of nitrogens with one attached hydrogen (secondary N) is 2. The highest BCUT2D eigenvalue weighted by molar-refractivity contribution is 6.42. The molecule has 0 aliphatic heterocycles. The molecule has 3 aromatic carbocycles. The van der Waals surface area contributed by atoms with Crippen LogP contribution in [0.15, 0.2) is 83.0 Å². The Kier molecular flexibility index (Phi) is 7.50. The van der Waals surface area contributed by atoms with Crippen molar-refractivity contribution in [3.63, 3.8) is 0 Å². The van der Waals surface area contributed by atoms with Gasteiger partial charge in [0.1, 0.15) is 12.4 Å². The summed E-state index contributed by atoms with van der Waals surface area (Å²) in [6, 6.07) is 21.5. The maximum atomic E-state index is 6.04. The van der Waals surface area contributed by atoms with Gasteiger partial charge in [0.05, 0.1) is 16.3 Å². The molecule has 0 atom stereocenters. The van der Waals surface area contributed by atoms with Crippen molar-refractivity contribution >= 4 is 46.3 Å². The number of nitrogens with zero attached hydrogens (tertiary/aromatic N) is 2. The number of halogens is 2. The molecule has 0 unspecified atom stereocenters. The van der Waals surface area contributed by atoms with Gasteiger partial charge in [0.2, 0.25) is 5.96 Å². The normalized spacial score (nSPS) is 11.9. The van der Waals surface area contributed by atoms with Gasteiger partial charge in [0.25, 0.3) is 0 Å². The second-order valence-corrected chi connectivity index (χ2v) is 8.18. The van der Waals surface area contributed by atoms with E-state index in [4.69, 9.17) is 33.7 Å². The van der Waals surface area contributed by atoms with Crippen molar-refractivity contribution in [2.75, 3.05) is 6.54 Å². The molecule has 0 aliphatic rings. The Morgan fingerprint density at radius 1 is 1.00 bits per heavy atom. The Bertz CT molecular complexity index is 1280. The summed E-state index contributed by atoms with van der Waals surface area (Å²) in [5.74, 6) is 1.02. The highest BCUT2D eigenvalue weighted by atomic mass is 35.5. The molecule has 4 N–H and O–H groups in total. The second kappa shape index (κ2) is 10.9. The summed E-state index contributed by atoms with van der Waals surface area (Å²) in [6.07, 6.45) is 4.27. The first-order chi connectivity index (χ1) is 16.1. The van der Waals surface area contributed by atoms with Gasteiger partial charge in [-0.1, -0.05) is 59.6 Å². The summed E-state index contributed by atoms with van der Waals surface area (Å²) in [5, 5.41) is 6.27. The minimum Gasteiger partial charge on any atom is -0.489 e. The number of hydrazone groups is 1. The van der Waals surface area contributed by atoms with E-state index in [0.29, 0.717) is 29.6 Å². The number of nitrogens with two attached hydrogens (primary N) is 1. The highest BCUT2D eigenvalue weighted by Gasteiger charge is 2.05. The Balaban J connectivity index is 1.34. The average Bonchev–Trinajstić information content (AvgIpc) is 3.23. The van der Waals surface area contributed by atoms with E-state index in [9.17, 15) is 0 Å². The average molecular weight is 480 g/mol. The lowest BCUT2D eigenvalue weighted by Crippen LogP contribution is -2.27. The van der Waals surface area contributed by atoms with Crippen LogP contribution < -0.4 is 15.9 Å². The number of H-pyrrole nitrogens is 1. The molecule has 4 rings (SSSR count). The summed E-state index contributed by atoms with van der Waals surface area (Å²) >= 11 is 12.0. The number of fused-ring (bicyclic) bond motifs is 1. The van der Waals surface area contributed by atoms with Crippen molar-refractivity contribution in [3.05, 3.63) is 99.7 Å². The number of hydrogen-bond donors (Lipinski definition) is 3. The van der Waals surface area contributed by atoms with E-state index >= 15 is 0 Å². The third-order valence-corrected chi connectivity index (χ3v) is 5.72. The van der Waals surface area contributed by atoms with Crippen molar-refractivity contribution in [2.24, 2.45) is 15.8 Å². The van der Waals surface area contributed by atoms with Crippen molar-refractivity contribution < 1.29 is 4.74 Å². The van der Waals surface area contributed by atoms with Crippen LogP contribution in [0.25, 0.3) is 10.9 Å². The summed E-state index contributed by atoms with van der Waals surface area (Å²) in [6.45, 7) is 1.01. The first-order valence-electron chi connectivity index (χ1n) is 10.4. The van der Waals surface area contributed by atoms with Crippen molar-refractivity contribution in [2.45, 2.75) is 13.0 Å². The predicted molar refractivity (Wildman–Crippen MR) is 136 cm³/mol. The molecule has 4 aromatic rings. The van der Waals surface area contributed by atoms with E-state index < -0.39 is 0 Å². The third kappa shape index (κ3) is 6.28. The number of aromatic nitrogens is 1. The smallest absolute Gasteiger partial charge is 0.209 e. The molecule has 0 radical (unpaired) electrons. The largest absolute Gasteiger partial charge is 0.489 e. The summed E-state index contributed by atoms with van der Waals surface area (Å²) < 4.78 is 5.93. The quantitative estimate of drug-likeness (QED) is 0.176. The number of guanidine groups is 1. The maximum absolute atomic E-state index is 6.04. The zero-order valence-electron chi connectivity index (χ0n) is 17.8. The van der Waals surface area contributed by atoms with E-state index in [1.807, 2.05) is 66.9 Å². The third-order valence-electron chi connectivity index (χ3n) is 4.98. The Hall–Kier alpha value is -3.48. The molecule has 0 aliphatic carbocycles. The van der Waals surface area contributed by atoms with E-state index in [1.54, 1.807) is 12.3 Å². The molecule has 0 fully saturated rings. The maximum Gasteiger partial charge on any atom is 0.209 e. The van der Waals surface area contributed by atoms with Crippen LogP contribution in [0.4, 0.5) is 0 Å². The number of hydrogen-bond acceptors (Lipinski definition) is 3. The molecular formula is C25H23Cl2N5O. The van der Waals surface area contributed by atoms with Crippen molar-refractivity contribution in [3.8, 4) is 5.75 Å². The molecule has 0 spiro atoms. The topological polar surface area (TPSA) is 87.8 Å². The lowest BCUT2D eigenvalue weighted by molar-refractivity contribution is 0.306. The molecule has 0 saturated carbocycles. The van der Waals surface area contributed by atoms with E-state index in [2.05, 4.69) is 20.5 Å². The van der Waals surface area contributed by atoms with Crippen LogP contribution >= 0.6 is 23.2 Å². The number of aromatic amines is 1. The molecular weight excluding hydrogens is 457 g/mol. The Morgan fingerprint density at radius 2 is 1.85 bits per heavy atom. The highest BCUT2D eigenvalue weighted by Crippen LogP contribution is 2.24. The summed E-state index contributed by atoms with van der Waals surface area (Å²) in [5.41, 5.74) is 12.7. The van der Waals surface area contributed by atoms with Crippen LogP contribution in [-0.4, -0.2) is 23.7 Å². The number of benzene rings is 3. The van der Waals surface area contributed by atoms with Gasteiger partial charge >= 0.3 is 0 Å². The van der Waals surface area contributed by atoms with Crippen molar-refractivity contribution in [1.29, 1.82) is 0 Å². The molecule has 0 amide bonds. The molecule has 33 heavy (non-hydrogen) atoms. The molecule has 1 heterocycles. The Labute approximate surface area is 202 Å². The number of rotatable bonds is 8. The first kappa shape index (κ1) is 22.7. The van der Waals surface area contributed by atoms with Gasteiger partial charge in [-0.15, -0.1) is 0 Å². The molecule has 0 saturated heterocycles. The fraction of sp³-hybridized carbons (Fsp3) is 0.120. The molecule has 8 heteroatoms. The molecule has 6 nitrogen and oxygen atoms in total. The fourth-order valence-electron chi connectivity index (χ4n) is 3.26. The number of ether oxygens (including phenoxy) is 1. The zero-order valence-corrected chi connectivity index (χ0v) is 19.3. The van der Waals surface area contributed by atoms with Gasteiger partial charge in [0.15, 0.2) is 0 Å². The van der Waals surface area contributed by atoms with E-state index in [0.717, 1.165) is 33.3 Å². The van der Waals surface area contributed by atoms with E-state index in [1.165, 1.54) is 0 Å². The van der Waals surface area contributed by atoms with Crippen LogP contribution in [0.3, 0.4) is 0 Å². The van der Waals surface area contributed by atoms with Crippen LogP contribution in [0.5, 0.6) is 5.75 Å². The zero-order chi connectivity index (χ0) is 23.0. The lowest BCUT2D eigenvalue weighted by Gasteiger charge is -2.06. The van der Waals surface area contributed by atoms with Crippen LogP contribution in [-0.2, 0) is 13.0 Å². The van der Waals surface area contributed by atoms with Gasteiger partial charge in [0, 0.05) is 29.2 Å². The Morgan fingerprint density at radius 3 is 2.67 bits per heavy atom. The lowest BCUT2D eigenvalue weighted by atomic mass is 10.1.